The van der Waals surface area contributed by atoms with E-state index in [0.29, 0.717) is 17.3 Å². The summed E-state index contributed by atoms with van der Waals surface area (Å²) in [5.74, 6) is 0.640. The predicted molar refractivity (Wildman–Crippen MR) is 98.6 cm³/mol. The molecule has 0 aliphatic rings. The van der Waals surface area contributed by atoms with Gasteiger partial charge in [0.25, 0.3) is 5.91 Å². The number of likely N-dealkylation sites (N-methyl/N-ethyl adjacent to an activating group) is 1. The molecule has 3 nitrogen and oxygen atoms in total. The number of rotatable bonds is 5. The minimum absolute atomic E-state index is 0.0267. The van der Waals surface area contributed by atoms with Crippen LogP contribution < -0.4 is 4.74 Å². The molecule has 2 rings (SSSR count). The van der Waals surface area contributed by atoms with Gasteiger partial charge in [0.05, 0.1) is 0 Å². The summed E-state index contributed by atoms with van der Waals surface area (Å²) >= 11 is 5.87. The quantitative estimate of drug-likeness (QED) is 0.787. The predicted octanol–water partition coefficient (Wildman–Crippen LogP) is 4.67. The minimum atomic E-state index is -0.0650. The van der Waals surface area contributed by atoms with Gasteiger partial charge in [-0.15, -0.1) is 0 Å². The summed E-state index contributed by atoms with van der Waals surface area (Å²) in [5, 5.41) is 0.690. The van der Waals surface area contributed by atoms with Crippen molar-refractivity contribution in [2.45, 2.75) is 32.7 Å². The Hall–Kier alpha value is -2.00. The maximum atomic E-state index is 12.2. The molecule has 0 atom stereocenters. The maximum Gasteiger partial charge on any atom is 0.260 e. The molecule has 24 heavy (non-hydrogen) atoms. The number of hydrogen-bond acceptors (Lipinski definition) is 2. The molecule has 0 saturated heterocycles. The van der Waals surface area contributed by atoms with E-state index in [9.17, 15) is 4.79 Å². The number of carbonyl (C=O) groups excluding carboxylic acids is 1. The topological polar surface area (TPSA) is 29.5 Å². The zero-order valence-electron chi connectivity index (χ0n) is 14.7. The molecule has 0 aromatic heterocycles. The van der Waals surface area contributed by atoms with Crippen LogP contribution in [0, 0.1) is 0 Å². The Morgan fingerprint density at radius 3 is 2.17 bits per heavy atom. The minimum Gasteiger partial charge on any atom is -0.484 e. The first-order valence-electron chi connectivity index (χ1n) is 7.97. The molecule has 0 aliphatic heterocycles. The Balaban J connectivity index is 1.86. The highest BCUT2D eigenvalue weighted by molar-refractivity contribution is 6.30. The van der Waals surface area contributed by atoms with E-state index in [1.54, 1.807) is 11.9 Å². The summed E-state index contributed by atoms with van der Waals surface area (Å²) in [7, 11) is 1.77. The third-order valence-corrected chi connectivity index (χ3v) is 4.09. The molecular weight excluding hydrogens is 322 g/mol. The van der Waals surface area contributed by atoms with Crippen LogP contribution in [0.15, 0.2) is 48.5 Å². The molecule has 0 fully saturated rings. The SMILES string of the molecule is CN(Cc1ccc(Cl)cc1)C(=O)COc1ccc(C(C)(C)C)cc1. The number of benzene rings is 2. The standard InChI is InChI=1S/C20H24ClNO2/c1-20(2,3)16-7-11-18(12-8-16)24-14-19(23)22(4)13-15-5-9-17(21)10-6-15/h5-12H,13-14H2,1-4H3. The van der Waals surface area contributed by atoms with Crippen molar-refractivity contribution >= 4 is 17.5 Å². The second-order valence-electron chi connectivity index (χ2n) is 6.94. The molecule has 0 radical (unpaired) electrons. The molecule has 0 aliphatic carbocycles. The zero-order valence-corrected chi connectivity index (χ0v) is 15.4. The molecule has 2 aromatic rings. The van der Waals surface area contributed by atoms with E-state index in [-0.39, 0.29) is 17.9 Å². The Morgan fingerprint density at radius 2 is 1.62 bits per heavy atom. The Kier molecular flexibility index (Phi) is 5.89. The highest BCUT2D eigenvalue weighted by atomic mass is 35.5. The number of amides is 1. The van der Waals surface area contributed by atoms with Crippen LogP contribution in [-0.4, -0.2) is 24.5 Å². The van der Waals surface area contributed by atoms with Crippen molar-refractivity contribution in [3.05, 3.63) is 64.7 Å². The van der Waals surface area contributed by atoms with E-state index >= 15 is 0 Å². The summed E-state index contributed by atoms with van der Waals surface area (Å²) in [5.41, 5.74) is 2.37. The molecule has 0 spiro atoms. The highest BCUT2D eigenvalue weighted by Crippen LogP contribution is 2.24. The lowest BCUT2D eigenvalue weighted by Crippen LogP contribution is -2.30. The van der Waals surface area contributed by atoms with E-state index < -0.39 is 0 Å². The van der Waals surface area contributed by atoms with Crippen LogP contribution in [0.1, 0.15) is 31.9 Å². The van der Waals surface area contributed by atoms with Gasteiger partial charge in [0.1, 0.15) is 5.75 Å². The van der Waals surface area contributed by atoms with Crippen LogP contribution in [0.4, 0.5) is 0 Å². The first-order valence-corrected chi connectivity index (χ1v) is 8.35. The largest absolute Gasteiger partial charge is 0.484 e. The third-order valence-electron chi connectivity index (χ3n) is 3.84. The van der Waals surface area contributed by atoms with Gasteiger partial charge in [-0.25, -0.2) is 0 Å². The van der Waals surface area contributed by atoms with E-state index in [1.807, 2.05) is 48.5 Å². The van der Waals surface area contributed by atoms with Gasteiger partial charge in [-0.2, -0.15) is 0 Å². The van der Waals surface area contributed by atoms with Gasteiger partial charge in [-0.3, -0.25) is 4.79 Å². The van der Waals surface area contributed by atoms with Gasteiger partial charge >= 0.3 is 0 Å². The zero-order chi connectivity index (χ0) is 17.7. The molecule has 1 amide bonds. The second kappa shape index (κ2) is 7.71. The smallest absolute Gasteiger partial charge is 0.260 e. The fourth-order valence-corrected chi connectivity index (χ4v) is 2.38. The van der Waals surface area contributed by atoms with E-state index in [2.05, 4.69) is 20.8 Å². The summed E-state index contributed by atoms with van der Waals surface area (Å²) in [6, 6.07) is 15.4. The van der Waals surface area contributed by atoms with Crippen molar-refractivity contribution in [1.82, 2.24) is 4.90 Å². The van der Waals surface area contributed by atoms with Crippen LogP contribution in [0.2, 0.25) is 5.02 Å². The van der Waals surface area contributed by atoms with Gasteiger partial charge in [0, 0.05) is 18.6 Å². The first-order chi connectivity index (χ1) is 11.3. The normalized spacial score (nSPS) is 11.2. The van der Waals surface area contributed by atoms with E-state index in [1.165, 1.54) is 5.56 Å². The van der Waals surface area contributed by atoms with Crippen molar-refractivity contribution in [3.8, 4) is 5.75 Å². The van der Waals surface area contributed by atoms with Gasteiger partial charge in [-0.1, -0.05) is 56.6 Å². The van der Waals surface area contributed by atoms with E-state index in [4.69, 9.17) is 16.3 Å². The van der Waals surface area contributed by atoms with Crippen LogP contribution in [0.3, 0.4) is 0 Å². The molecule has 0 unspecified atom stereocenters. The highest BCUT2D eigenvalue weighted by Gasteiger charge is 2.14. The fourth-order valence-electron chi connectivity index (χ4n) is 2.26. The van der Waals surface area contributed by atoms with Crippen LogP contribution in [-0.2, 0) is 16.8 Å². The number of hydrogen-bond donors (Lipinski definition) is 0. The Morgan fingerprint density at radius 1 is 1.04 bits per heavy atom. The summed E-state index contributed by atoms with van der Waals surface area (Å²) in [6.07, 6.45) is 0. The second-order valence-corrected chi connectivity index (χ2v) is 7.38. The number of carbonyl (C=O) groups is 1. The van der Waals surface area contributed by atoms with Gasteiger partial charge < -0.3 is 9.64 Å². The summed E-state index contributed by atoms with van der Waals surface area (Å²) in [6.45, 7) is 7.05. The number of ether oxygens (including phenoxy) is 1. The molecular formula is C20H24ClNO2. The van der Waals surface area contributed by atoms with Crippen molar-refractivity contribution in [2.24, 2.45) is 0 Å². The lowest BCUT2D eigenvalue weighted by Gasteiger charge is -2.20. The van der Waals surface area contributed by atoms with Crippen molar-refractivity contribution in [3.63, 3.8) is 0 Å². The molecule has 4 heteroatoms. The molecule has 0 N–H and O–H groups in total. The van der Waals surface area contributed by atoms with Crippen LogP contribution >= 0.6 is 11.6 Å². The van der Waals surface area contributed by atoms with Crippen molar-refractivity contribution < 1.29 is 9.53 Å². The maximum absolute atomic E-state index is 12.2. The monoisotopic (exact) mass is 345 g/mol. The average molecular weight is 346 g/mol. The Labute approximate surface area is 149 Å². The molecule has 0 saturated carbocycles. The molecule has 128 valence electrons. The first kappa shape index (κ1) is 18.3. The lowest BCUT2D eigenvalue weighted by molar-refractivity contribution is -0.132. The summed E-state index contributed by atoms with van der Waals surface area (Å²) in [4.78, 5) is 13.8. The van der Waals surface area contributed by atoms with Crippen LogP contribution in [0.25, 0.3) is 0 Å². The molecule has 0 bridgehead atoms. The van der Waals surface area contributed by atoms with Gasteiger partial charge in [0.2, 0.25) is 0 Å². The van der Waals surface area contributed by atoms with Crippen LogP contribution in [0.5, 0.6) is 5.75 Å². The van der Waals surface area contributed by atoms with E-state index in [0.717, 1.165) is 5.56 Å². The van der Waals surface area contributed by atoms with Gasteiger partial charge in [0.15, 0.2) is 6.61 Å². The third kappa shape index (κ3) is 5.27. The number of nitrogens with zero attached hydrogens (tertiary/aromatic N) is 1. The van der Waals surface area contributed by atoms with Gasteiger partial charge in [-0.05, 0) is 40.8 Å². The summed E-state index contributed by atoms with van der Waals surface area (Å²) < 4.78 is 5.60. The Bertz CT molecular complexity index is 672. The number of halogens is 1. The molecule has 0 heterocycles. The fraction of sp³-hybridized carbons (Fsp3) is 0.350. The lowest BCUT2D eigenvalue weighted by atomic mass is 9.87. The van der Waals surface area contributed by atoms with Crippen molar-refractivity contribution in [2.75, 3.05) is 13.7 Å². The average Bonchev–Trinajstić information content (AvgIpc) is 2.54. The van der Waals surface area contributed by atoms with Crippen molar-refractivity contribution in [1.29, 1.82) is 0 Å². The molecule has 2 aromatic carbocycles.